The first-order valence-electron chi connectivity index (χ1n) is 8.23. The molecular formula is C16H32N2O. The lowest BCUT2D eigenvalue weighted by Gasteiger charge is -2.39. The zero-order chi connectivity index (χ0) is 13.7. The van der Waals surface area contributed by atoms with E-state index in [1.807, 2.05) is 0 Å². The third-order valence-corrected chi connectivity index (χ3v) is 5.29. The smallest absolute Gasteiger partial charge is 0.0620 e. The number of rotatable bonds is 5. The number of nitrogens with zero attached hydrogens (tertiary/aromatic N) is 1. The molecule has 2 atom stereocenters. The number of hydrogen-bond donors (Lipinski definition) is 1. The summed E-state index contributed by atoms with van der Waals surface area (Å²) in [6, 6.07) is 2.02. The lowest BCUT2D eigenvalue weighted by molar-refractivity contribution is 0.0548. The highest BCUT2D eigenvalue weighted by molar-refractivity contribution is 4.83. The van der Waals surface area contributed by atoms with Gasteiger partial charge in [0.1, 0.15) is 0 Å². The molecule has 0 spiro atoms. The van der Waals surface area contributed by atoms with Gasteiger partial charge in [-0.25, -0.2) is 0 Å². The van der Waals surface area contributed by atoms with E-state index >= 15 is 0 Å². The van der Waals surface area contributed by atoms with Crippen molar-refractivity contribution >= 4 is 0 Å². The molecule has 2 fully saturated rings. The number of nitrogens with one attached hydrogen (secondary N) is 1. The first kappa shape index (κ1) is 15.3. The molecule has 0 amide bonds. The van der Waals surface area contributed by atoms with E-state index in [9.17, 15) is 0 Å². The van der Waals surface area contributed by atoms with Crippen LogP contribution in [0, 0.1) is 5.92 Å². The number of morpholine rings is 1. The number of hydrogen-bond acceptors (Lipinski definition) is 3. The third kappa shape index (κ3) is 4.44. The van der Waals surface area contributed by atoms with Crippen LogP contribution >= 0.6 is 0 Å². The van der Waals surface area contributed by atoms with Crippen LogP contribution in [0.4, 0.5) is 0 Å². The van der Waals surface area contributed by atoms with Crippen molar-refractivity contribution in [3.63, 3.8) is 0 Å². The number of ether oxygens (including phenoxy) is 1. The predicted octanol–water partition coefficient (Wildman–Crippen LogP) is 2.65. The Hall–Kier alpha value is -0.120. The second kappa shape index (κ2) is 7.61. The molecule has 0 radical (unpaired) electrons. The molecule has 0 aromatic carbocycles. The van der Waals surface area contributed by atoms with Crippen LogP contribution < -0.4 is 5.32 Å². The van der Waals surface area contributed by atoms with Crippen LogP contribution in [0.15, 0.2) is 0 Å². The van der Waals surface area contributed by atoms with Crippen LogP contribution in [0.25, 0.3) is 0 Å². The fourth-order valence-electron chi connectivity index (χ4n) is 3.67. The van der Waals surface area contributed by atoms with Crippen molar-refractivity contribution in [1.82, 2.24) is 10.2 Å². The summed E-state index contributed by atoms with van der Waals surface area (Å²) in [5.74, 6) is 0.994. The van der Waals surface area contributed by atoms with Crippen LogP contribution in [0.5, 0.6) is 0 Å². The Morgan fingerprint density at radius 2 is 2.00 bits per heavy atom. The van der Waals surface area contributed by atoms with E-state index in [4.69, 9.17) is 4.74 Å². The Labute approximate surface area is 119 Å². The van der Waals surface area contributed by atoms with E-state index in [1.54, 1.807) is 0 Å². The summed E-state index contributed by atoms with van der Waals surface area (Å²) < 4.78 is 5.56. The van der Waals surface area contributed by atoms with Gasteiger partial charge in [0, 0.05) is 24.7 Å². The van der Waals surface area contributed by atoms with Crippen molar-refractivity contribution in [2.45, 2.75) is 70.5 Å². The van der Waals surface area contributed by atoms with Crippen molar-refractivity contribution in [2.24, 2.45) is 5.92 Å². The molecule has 112 valence electrons. The zero-order valence-corrected chi connectivity index (χ0v) is 13.0. The van der Waals surface area contributed by atoms with Gasteiger partial charge in [-0.3, -0.25) is 0 Å². The second-order valence-electron chi connectivity index (χ2n) is 6.56. The highest BCUT2D eigenvalue weighted by Gasteiger charge is 2.27. The lowest BCUT2D eigenvalue weighted by Crippen LogP contribution is -2.47. The molecular weight excluding hydrogens is 236 g/mol. The molecule has 1 heterocycles. The quantitative estimate of drug-likeness (QED) is 0.829. The minimum absolute atomic E-state index is 0.554. The van der Waals surface area contributed by atoms with Crippen molar-refractivity contribution in [3.05, 3.63) is 0 Å². The van der Waals surface area contributed by atoms with E-state index in [2.05, 4.69) is 31.1 Å². The van der Waals surface area contributed by atoms with Gasteiger partial charge in [-0.2, -0.15) is 0 Å². The largest absolute Gasteiger partial charge is 0.379 e. The van der Waals surface area contributed by atoms with Crippen LogP contribution in [0.3, 0.4) is 0 Å². The van der Waals surface area contributed by atoms with Crippen LogP contribution in [0.2, 0.25) is 0 Å². The lowest BCUT2D eigenvalue weighted by atomic mass is 9.83. The van der Waals surface area contributed by atoms with Gasteiger partial charge in [-0.15, -0.1) is 0 Å². The van der Waals surface area contributed by atoms with E-state index in [1.165, 1.54) is 38.5 Å². The molecule has 1 saturated heterocycles. The van der Waals surface area contributed by atoms with E-state index in [-0.39, 0.29) is 0 Å². The van der Waals surface area contributed by atoms with Gasteiger partial charge in [0.25, 0.3) is 0 Å². The first-order chi connectivity index (χ1) is 9.20. The Kier molecular flexibility index (Phi) is 6.11. The topological polar surface area (TPSA) is 24.5 Å². The standard InChI is InChI=1S/C16H32N2O/c1-4-14-5-7-16(8-6-14)18(3)13(2)11-15-12-19-10-9-17-15/h13-17H,4-12H2,1-3H3. The SMILES string of the molecule is CCC1CCC(N(C)C(C)CC2COCCN2)CC1. The summed E-state index contributed by atoms with van der Waals surface area (Å²) in [5.41, 5.74) is 0. The molecule has 2 aliphatic rings. The van der Waals surface area contributed by atoms with Gasteiger partial charge in [-0.05, 0) is 52.0 Å². The fraction of sp³-hybridized carbons (Fsp3) is 1.00. The molecule has 3 nitrogen and oxygen atoms in total. The fourth-order valence-corrected chi connectivity index (χ4v) is 3.67. The molecule has 0 aromatic heterocycles. The van der Waals surface area contributed by atoms with Crippen molar-refractivity contribution in [3.8, 4) is 0 Å². The predicted molar refractivity (Wildman–Crippen MR) is 80.5 cm³/mol. The zero-order valence-electron chi connectivity index (χ0n) is 13.0. The molecule has 3 heteroatoms. The minimum Gasteiger partial charge on any atom is -0.379 e. The maximum absolute atomic E-state index is 5.56. The average Bonchev–Trinajstić information content (AvgIpc) is 2.47. The molecule has 0 bridgehead atoms. The summed E-state index contributed by atoms with van der Waals surface area (Å²) in [5, 5.41) is 3.57. The minimum atomic E-state index is 0.554. The van der Waals surface area contributed by atoms with Crippen LogP contribution in [-0.4, -0.2) is 49.8 Å². The Morgan fingerprint density at radius 1 is 1.26 bits per heavy atom. The average molecular weight is 268 g/mol. The van der Waals surface area contributed by atoms with Gasteiger partial charge in [0.2, 0.25) is 0 Å². The highest BCUT2D eigenvalue weighted by atomic mass is 16.5. The summed E-state index contributed by atoms with van der Waals surface area (Å²) in [7, 11) is 2.32. The molecule has 19 heavy (non-hydrogen) atoms. The maximum Gasteiger partial charge on any atom is 0.0620 e. The third-order valence-electron chi connectivity index (χ3n) is 5.29. The second-order valence-corrected chi connectivity index (χ2v) is 6.56. The van der Waals surface area contributed by atoms with E-state index in [0.717, 1.165) is 31.7 Å². The van der Waals surface area contributed by atoms with Crippen LogP contribution in [-0.2, 0) is 4.74 Å². The van der Waals surface area contributed by atoms with Gasteiger partial charge in [-0.1, -0.05) is 13.3 Å². The Bertz CT molecular complexity index is 245. The first-order valence-corrected chi connectivity index (χ1v) is 8.23. The summed E-state index contributed by atoms with van der Waals surface area (Å²) in [4.78, 5) is 2.63. The molecule has 0 aromatic rings. The highest BCUT2D eigenvalue weighted by Crippen LogP contribution is 2.30. The molecule has 2 unspecified atom stereocenters. The summed E-state index contributed by atoms with van der Waals surface area (Å²) in [6.45, 7) is 7.50. The van der Waals surface area contributed by atoms with Crippen molar-refractivity contribution in [2.75, 3.05) is 26.8 Å². The Balaban J connectivity index is 1.73. The monoisotopic (exact) mass is 268 g/mol. The molecule has 1 aliphatic heterocycles. The molecule has 2 rings (SSSR count). The van der Waals surface area contributed by atoms with Gasteiger partial charge >= 0.3 is 0 Å². The normalized spacial score (nSPS) is 34.4. The van der Waals surface area contributed by atoms with E-state index < -0.39 is 0 Å². The molecule has 1 saturated carbocycles. The molecule has 1 N–H and O–H groups in total. The Morgan fingerprint density at radius 3 is 2.58 bits per heavy atom. The van der Waals surface area contributed by atoms with Gasteiger partial charge < -0.3 is 15.0 Å². The van der Waals surface area contributed by atoms with Gasteiger partial charge in [0.05, 0.1) is 13.2 Å². The van der Waals surface area contributed by atoms with Crippen molar-refractivity contribution < 1.29 is 4.74 Å². The summed E-state index contributed by atoms with van der Waals surface area (Å²) >= 11 is 0. The van der Waals surface area contributed by atoms with Gasteiger partial charge in [0.15, 0.2) is 0 Å². The molecule has 1 aliphatic carbocycles. The maximum atomic E-state index is 5.56. The van der Waals surface area contributed by atoms with Crippen LogP contribution in [0.1, 0.15) is 52.4 Å². The van der Waals surface area contributed by atoms with E-state index in [0.29, 0.717) is 12.1 Å². The van der Waals surface area contributed by atoms with Crippen molar-refractivity contribution in [1.29, 1.82) is 0 Å². The summed E-state index contributed by atoms with van der Waals surface area (Å²) in [6.07, 6.45) is 8.24.